The summed E-state index contributed by atoms with van der Waals surface area (Å²) >= 11 is 0. The zero-order valence-electron chi connectivity index (χ0n) is 20.0. The van der Waals surface area contributed by atoms with Crippen molar-refractivity contribution < 1.29 is 22.7 Å². The molecule has 10 heteroatoms. The van der Waals surface area contributed by atoms with Gasteiger partial charge in [-0.2, -0.15) is 0 Å². The molecule has 1 amide bonds. The number of amides is 1. The largest absolute Gasteiger partial charge is 0.496 e. The fraction of sp³-hybridized carbons (Fsp3) is 0.222. The molecule has 2 N–H and O–H groups in total. The third-order valence-corrected chi connectivity index (χ3v) is 6.36. The van der Waals surface area contributed by atoms with Crippen LogP contribution in [0.15, 0.2) is 60.7 Å². The lowest BCUT2D eigenvalue weighted by Gasteiger charge is -2.22. The minimum atomic E-state index is -1.27. The highest BCUT2D eigenvalue weighted by atomic mass is 19.2. The predicted octanol–water partition coefficient (Wildman–Crippen LogP) is 4.16. The molecule has 2 heterocycles. The van der Waals surface area contributed by atoms with Crippen molar-refractivity contribution in [3.05, 3.63) is 95.1 Å². The number of benzene rings is 3. The molecule has 37 heavy (non-hydrogen) atoms. The minimum absolute atomic E-state index is 0.0818. The van der Waals surface area contributed by atoms with Gasteiger partial charge in [0.25, 0.3) is 0 Å². The van der Waals surface area contributed by atoms with Gasteiger partial charge in [-0.3, -0.25) is 9.36 Å². The second kappa shape index (κ2) is 10.1. The lowest BCUT2D eigenvalue weighted by Crippen LogP contribution is -2.36. The van der Waals surface area contributed by atoms with Gasteiger partial charge in [0, 0.05) is 25.1 Å². The zero-order valence-corrected chi connectivity index (χ0v) is 20.0. The van der Waals surface area contributed by atoms with Crippen LogP contribution >= 0.6 is 0 Å². The van der Waals surface area contributed by atoms with Crippen LogP contribution in [0.25, 0.3) is 17.1 Å². The number of rotatable bonds is 6. The molecular formula is C27H24F3N5O2. The molecule has 1 aliphatic heterocycles. The molecule has 0 aliphatic carbocycles. The Hall–Kier alpha value is -4.18. The molecule has 0 fully saturated rings. The summed E-state index contributed by atoms with van der Waals surface area (Å²) < 4.78 is 48.4. The fourth-order valence-electron chi connectivity index (χ4n) is 4.58. The molecular weight excluding hydrogens is 483 g/mol. The second-order valence-electron chi connectivity index (χ2n) is 8.88. The van der Waals surface area contributed by atoms with Crippen molar-refractivity contribution in [3.8, 4) is 22.8 Å². The minimum Gasteiger partial charge on any atom is -0.496 e. The van der Waals surface area contributed by atoms with Gasteiger partial charge in [-0.05, 0) is 41.8 Å². The zero-order chi connectivity index (χ0) is 26.1. The van der Waals surface area contributed by atoms with Crippen molar-refractivity contribution in [3.63, 3.8) is 0 Å². The average Bonchev–Trinajstić information content (AvgIpc) is 3.22. The van der Waals surface area contributed by atoms with Gasteiger partial charge in [0.2, 0.25) is 5.91 Å². The number of para-hydroxylation sites is 2. The van der Waals surface area contributed by atoms with Crippen LogP contribution < -0.4 is 10.5 Å². The number of hydrogen-bond acceptors (Lipinski definition) is 5. The quantitative estimate of drug-likeness (QED) is 0.396. The first-order valence-corrected chi connectivity index (χ1v) is 11.7. The van der Waals surface area contributed by atoms with Gasteiger partial charge in [0.1, 0.15) is 11.6 Å². The summed E-state index contributed by atoms with van der Waals surface area (Å²) in [4.78, 5) is 14.9. The Morgan fingerprint density at radius 1 is 1.00 bits per heavy atom. The molecule has 0 unspecified atom stereocenters. The van der Waals surface area contributed by atoms with E-state index in [9.17, 15) is 18.0 Å². The Kier molecular flexibility index (Phi) is 6.66. The third-order valence-electron chi connectivity index (χ3n) is 6.36. The van der Waals surface area contributed by atoms with Gasteiger partial charge < -0.3 is 15.4 Å². The Balaban J connectivity index is 1.43. The molecule has 1 aromatic heterocycles. The number of methoxy groups -OCH3 is 1. The van der Waals surface area contributed by atoms with Crippen LogP contribution in [0.5, 0.6) is 5.75 Å². The SMILES string of the molecule is COc1ccccc1-c1nnc2n1-c1ccccc1CN(C(=O)C[C@H](N)Cc1cc(F)c(F)cc1F)C2. The average molecular weight is 508 g/mol. The topological polar surface area (TPSA) is 86.3 Å². The van der Waals surface area contributed by atoms with Crippen LogP contribution in [0, 0.1) is 17.5 Å². The molecule has 1 aliphatic rings. The first kappa shape index (κ1) is 24.5. The first-order chi connectivity index (χ1) is 17.9. The van der Waals surface area contributed by atoms with Crippen molar-refractivity contribution in [2.45, 2.75) is 32.0 Å². The molecule has 4 aromatic rings. The van der Waals surface area contributed by atoms with E-state index >= 15 is 0 Å². The number of nitrogens with two attached hydrogens (primary N) is 1. The van der Waals surface area contributed by atoms with E-state index < -0.39 is 23.5 Å². The monoisotopic (exact) mass is 507 g/mol. The highest BCUT2D eigenvalue weighted by molar-refractivity contribution is 5.77. The summed E-state index contributed by atoms with van der Waals surface area (Å²) in [5.41, 5.74) is 8.53. The Morgan fingerprint density at radius 3 is 2.54 bits per heavy atom. The van der Waals surface area contributed by atoms with E-state index in [2.05, 4.69) is 10.2 Å². The van der Waals surface area contributed by atoms with Crippen LogP contribution in [-0.4, -0.2) is 38.7 Å². The summed E-state index contributed by atoms with van der Waals surface area (Å²) in [5, 5.41) is 8.80. The fourth-order valence-corrected chi connectivity index (χ4v) is 4.58. The number of halogens is 3. The van der Waals surface area contributed by atoms with Crippen molar-refractivity contribution >= 4 is 5.91 Å². The summed E-state index contributed by atoms with van der Waals surface area (Å²) in [6.45, 7) is 0.470. The van der Waals surface area contributed by atoms with Gasteiger partial charge in [0.15, 0.2) is 23.3 Å². The normalized spacial score (nSPS) is 13.5. The van der Waals surface area contributed by atoms with Crippen molar-refractivity contribution in [1.29, 1.82) is 0 Å². The number of aromatic nitrogens is 3. The Labute approximate surface area is 211 Å². The highest BCUT2D eigenvalue weighted by Crippen LogP contribution is 2.34. The number of carbonyl (C=O) groups excluding carboxylic acids is 1. The van der Waals surface area contributed by atoms with Gasteiger partial charge in [-0.1, -0.05) is 30.3 Å². The molecule has 0 saturated carbocycles. The Morgan fingerprint density at radius 2 is 1.73 bits per heavy atom. The maximum absolute atomic E-state index is 14.1. The number of ether oxygens (including phenoxy) is 1. The van der Waals surface area contributed by atoms with E-state index in [1.807, 2.05) is 53.1 Å². The lowest BCUT2D eigenvalue weighted by molar-refractivity contribution is -0.132. The second-order valence-corrected chi connectivity index (χ2v) is 8.88. The maximum Gasteiger partial charge on any atom is 0.224 e. The van der Waals surface area contributed by atoms with Crippen LogP contribution in [0.2, 0.25) is 0 Å². The van der Waals surface area contributed by atoms with Gasteiger partial charge in [0.05, 0.1) is 24.9 Å². The smallest absolute Gasteiger partial charge is 0.224 e. The molecule has 0 bridgehead atoms. The summed E-state index contributed by atoms with van der Waals surface area (Å²) in [7, 11) is 1.59. The molecule has 3 aromatic carbocycles. The van der Waals surface area contributed by atoms with Crippen molar-refractivity contribution in [2.75, 3.05) is 7.11 Å². The summed E-state index contributed by atoms with van der Waals surface area (Å²) in [5.74, 6) is -1.83. The standard InChI is InChI=1S/C27H24F3N5O2/c1-37-24-9-5-3-7-19(24)27-33-32-25-15-34(14-16-6-2-4-8-23(16)35(25)27)26(36)12-18(31)10-17-11-21(29)22(30)13-20(17)28/h2-9,11,13,18H,10,12,14-15,31H2,1H3/t18-/m1/s1. The predicted molar refractivity (Wildman–Crippen MR) is 130 cm³/mol. The molecule has 0 spiro atoms. The van der Waals surface area contributed by atoms with Crippen molar-refractivity contribution in [1.82, 2.24) is 19.7 Å². The van der Waals surface area contributed by atoms with Crippen LogP contribution in [0.1, 0.15) is 23.4 Å². The van der Waals surface area contributed by atoms with E-state index in [-0.39, 0.29) is 30.9 Å². The van der Waals surface area contributed by atoms with E-state index in [4.69, 9.17) is 10.5 Å². The van der Waals surface area contributed by atoms with Gasteiger partial charge in [-0.25, -0.2) is 13.2 Å². The molecule has 7 nitrogen and oxygen atoms in total. The number of nitrogens with zero attached hydrogens (tertiary/aromatic N) is 4. The molecule has 0 saturated heterocycles. The van der Waals surface area contributed by atoms with Crippen LogP contribution in [-0.2, 0) is 24.3 Å². The molecule has 190 valence electrons. The lowest BCUT2D eigenvalue weighted by atomic mass is 10.0. The maximum atomic E-state index is 14.1. The molecule has 5 rings (SSSR count). The van der Waals surface area contributed by atoms with Crippen LogP contribution in [0.3, 0.4) is 0 Å². The van der Waals surface area contributed by atoms with E-state index in [0.29, 0.717) is 30.0 Å². The van der Waals surface area contributed by atoms with Crippen molar-refractivity contribution in [2.24, 2.45) is 5.73 Å². The first-order valence-electron chi connectivity index (χ1n) is 11.7. The van der Waals surface area contributed by atoms with Crippen LogP contribution in [0.4, 0.5) is 13.2 Å². The summed E-state index contributed by atoms with van der Waals surface area (Å²) in [6.07, 6.45) is -0.235. The number of fused-ring (bicyclic) bond motifs is 3. The van der Waals surface area contributed by atoms with E-state index in [1.54, 1.807) is 12.0 Å². The Bertz CT molecular complexity index is 1470. The van der Waals surface area contributed by atoms with E-state index in [1.165, 1.54) is 0 Å². The summed E-state index contributed by atoms with van der Waals surface area (Å²) in [6, 6.07) is 15.6. The number of carbonyl (C=O) groups is 1. The number of hydrogen-bond donors (Lipinski definition) is 1. The third kappa shape index (κ3) is 4.79. The highest BCUT2D eigenvalue weighted by Gasteiger charge is 2.28. The van der Waals surface area contributed by atoms with Gasteiger partial charge >= 0.3 is 0 Å². The molecule has 1 atom stereocenters. The molecule has 0 radical (unpaired) electrons. The van der Waals surface area contributed by atoms with E-state index in [0.717, 1.165) is 22.9 Å². The van der Waals surface area contributed by atoms with Gasteiger partial charge in [-0.15, -0.1) is 10.2 Å².